The van der Waals surface area contributed by atoms with E-state index in [1.807, 2.05) is 37.3 Å². The Labute approximate surface area is 146 Å². The van der Waals surface area contributed by atoms with Gasteiger partial charge in [0.05, 0.1) is 12.2 Å². The summed E-state index contributed by atoms with van der Waals surface area (Å²) in [5.41, 5.74) is 3.88. The minimum atomic E-state index is -0.342. The van der Waals surface area contributed by atoms with Crippen molar-refractivity contribution in [1.29, 1.82) is 0 Å². The lowest BCUT2D eigenvalue weighted by molar-refractivity contribution is -0.119. The van der Waals surface area contributed by atoms with Gasteiger partial charge >= 0.3 is 0 Å². The van der Waals surface area contributed by atoms with Crippen LogP contribution in [0.4, 0.5) is 4.39 Å². The Morgan fingerprint density at radius 1 is 1.08 bits per heavy atom. The average Bonchev–Trinajstić information content (AvgIpc) is 2.65. The number of carbonyl (C=O) groups is 1. The van der Waals surface area contributed by atoms with E-state index >= 15 is 0 Å². The molecule has 0 bridgehead atoms. The zero-order chi connectivity index (χ0) is 17.6. The number of benzene rings is 1. The fourth-order valence-electron chi connectivity index (χ4n) is 2.61. The van der Waals surface area contributed by atoms with Crippen LogP contribution in [0, 0.1) is 12.7 Å². The zero-order valence-electron chi connectivity index (χ0n) is 13.9. The average molecular weight is 335 g/mol. The summed E-state index contributed by atoms with van der Waals surface area (Å²) in [4.78, 5) is 21.2. The van der Waals surface area contributed by atoms with Gasteiger partial charge in [-0.15, -0.1) is 0 Å². The highest BCUT2D eigenvalue weighted by molar-refractivity contribution is 5.62. The first kappa shape index (κ1) is 16.8. The van der Waals surface area contributed by atoms with Crippen LogP contribution in [-0.2, 0) is 17.9 Å². The highest BCUT2D eigenvalue weighted by Gasteiger charge is 2.11. The van der Waals surface area contributed by atoms with Crippen molar-refractivity contribution in [3.63, 3.8) is 0 Å². The van der Waals surface area contributed by atoms with E-state index in [4.69, 9.17) is 0 Å². The van der Waals surface area contributed by atoms with Gasteiger partial charge in [-0.25, -0.2) is 4.39 Å². The molecule has 3 aromatic rings. The fourth-order valence-corrected chi connectivity index (χ4v) is 2.61. The topological polar surface area (TPSA) is 46.1 Å². The van der Waals surface area contributed by atoms with Crippen LogP contribution in [0.2, 0.25) is 0 Å². The summed E-state index contributed by atoms with van der Waals surface area (Å²) in [6, 6.07) is 12.5. The molecule has 0 saturated heterocycles. The molecule has 0 N–H and O–H groups in total. The lowest BCUT2D eigenvalue weighted by Gasteiger charge is -2.18. The molecule has 25 heavy (non-hydrogen) atoms. The van der Waals surface area contributed by atoms with Crippen LogP contribution >= 0.6 is 0 Å². The first-order valence-electron chi connectivity index (χ1n) is 7.96. The number of hydrogen-bond acceptors (Lipinski definition) is 3. The summed E-state index contributed by atoms with van der Waals surface area (Å²) in [5, 5.41) is 0. The van der Waals surface area contributed by atoms with Crippen LogP contribution in [-0.4, -0.2) is 21.3 Å². The number of carbonyl (C=O) groups excluding carboxylic acids is 1. The van der Waals surface area contributed by atoms with Crippen LogP contribution in [0.1, 0.15) is 16.8 Å². The van der Waals surface area contributed by atoms with Crippen molar-refractivity contribution in [3.05, 3.63) is 83.7 Å². The Bertz CT molecular complexity index is 868. The van der Waals surface area contributed by atoms with Gasteiger partial charge in [-0.2, -0.15) is 0 Å². The molecule has 3 rings (SSSR count). The molecule has 2 aromatic heterocycles. The maximum atomic E-state index is 14.5. The third-order valence-corrected chi connectivity index (χ3v) is 4.04. The molecule has 1 aromatic carbocycles. The number of hydrogen-bond donors (Lipinski definition) is 0. The Balaban J connectivity index is 1.77. The fraction of sp³-hybridized carbons (Fsp3) is 0.150. The molecule has 5 heteroatoms. The van der Waals surface area contributed by atoms with Gasteiger partial charge in [0.15, 0.2) is 0 Å². The SMILES string of the molecule is Cc1cccnc1CN(C=O)Cc1ccc(-c2cccnc2)cc1F. The molecule has 0 spiro atoms. The quantitative estimate of drug-likeness (QED) is 0.645. The van der Waals surface area contributed by atoms with Crippen molar-refractivity contribution in [2.75, 3.05) is 0 Å². The summed E-state index contributed by atoms with van der Waals surface area (Å²) in [6.45, 7) is 2.48. The van der Waals surface area contributed by atoms with Crippen LogP contribution in [0.5, 0.6) is 0 Å². The molecule has 4 nitrogen and oxygen atoms in total. The summed E-state index contributed by atoms with van der Waals surface area (Å²) in [6.07, 6.45) is 5.78. The largest absolute Gasteiger partial charge is 0.335 e. The Kier molecular flexibility index (Phi) is 5.14. The summed E-state index contributed by atoms with van der Waals surface area (Å²) in [5.74, 6) is -0.342. The second-order valence-corrected chi connectivity index (χ2v) is 5.83. The van der Waals surface area contributed by atoms with Gasteiger partial charge in [0.2, 0.25) is 6.41 Å². The van der Waals surface area contributed by atoms with E-state index in [0.717, 1.165) is 28.8 Å². The van der Waals surface area contributed by atoms with E-state index in [9.17, 15) is 9.18 Å². The third kappa shape index (κ3) is 4.07. The maximum absolute atomic E-state index is 14.5. The van der Waals surface area contributed by atoms with Gasteiger partial charge in [0.25, 0.3) is 0 Å². The maximum Gasteiger partial charge on any atom is 0.210 e. The first-order valence-corrected chi connectivity index (χ1v) is 7.96. The van der Waals surface area contributed by atoms with Gasteiger partial charge in [-0.3, -0.25) is 14.8 Å². The Hall–Kier alpha value is -3.08. The summed E-state index contributed by atoms with van der Waals surface area (Å²) < 4.78 is 14.5. The second kappa shape index (κ2) is 7.66. The molecule has 1 amide bonds. The molecule has 0 atom stereocenters. The van der Waals surface area contributed by atoms with Crippen molar-refractivity contribution in [2.24, 2.45) is 0 Å². The number of aryl methyl sites for hydroxylation is 1. The number of rotatable bonds is 6. The Morgan fingerprint density at radius 3 is 2.60 bits per heavy atom. The molecule has 2 heterocycles. The molecular formula is C20H18FN3O. The van der Waals surface area contributed by atoms with E-state index in [-0.39, 0.29) is 12.4 Å². The lowest BCUT2D eigenvalue weighted by Crippen LogP contribution is -2.22. The molecule has 0 unspecified atom stereocenters. The minimum absolute atomic E-state index is 0.193. The van der Waals surface area contributed by atoms with Crippen LogP contribution in [0.3, 0.4) is 0 Å². The molecule has 0 aliphatic carbocycles. The van der Waals surface area contributed by atoms with Crippen molar-refractivity contribution in [3.8, 4) is 11.1 Å². The molecule has 126 valence electrons. The normalized spacial score (nSPS) is 10.5. The van der Waals surface area contributed by atoms with Crippen molar-refractivity contribution in [2.45, 2.75) is 20.0 Å². The Morgan fingerprint density at radius 2 is 1.92 bits per heavy atom. The molecule has 0 radical (unpaired) electrons. The van der Waals surface area contributed by atoms with Crippen LogP contribution in [0.25, 0.3) is 11.1 Å². The van der Waals surface area contributed by atoms with E-state index in [2.05, 4.69) is 9.97 Å². The highest BCUT2D eigenvalue weighted by atomic mass is 19.1. The van der Waals surface area contributed by atoms with Crippen molar-refractivity contribution in [1.82, 2.24) is 14.9 Å². The van der Waals surface area contributed by atoms with Gasteiger partial charge in [-0.05, 0) is 36.2 Å². The van der Waals surface area contributed by atoms with Crippen molar-refractivity contribution >= 4 is 6.41 Å². The van der Waals surface area contributed by atoms with E-state index in [1.165, 1.54) is 11.0 Å². The highest BCUT2D eigenvalue weighted by Crippen LogP contribution is 2.22. The van der Waals surface area contributed by atoms with E-state index in [1.54, 1.807) is 24.7 Å². The first-order chi connectivity index (χ1) is 12.2. The summed E-state index contributed by atoms with van der Waals surface area (Å²) >= 11 is 0. The molecular weight excluding hydrogens is 317 g/mol. The van der Waals surface area contributed by atoms with E-state index in [0.29, 0.717) is 12.1 Å². The number of amides is 1. The van der Waals surface area contributed by atoms with E-state index < -0.39 is 0 Å². The predicted molar refractivity (Wildman–Crippen MR) is 93.9 cm³/mol. The molecule has 0 fully saturated rings. The molecule has 0 saturated carbocycles. The molecule has 0 aliphatic rings. The minimum Gasteiger partial charge on any atom is -0.335 e. The predicted octanol–water partition coefficient (Wildman–Crippen LogP) is 3.75. The number of aromatic nitrogens is 2. The lowest BCUT2D eigenvalue weighted by atomic mass is 10.0. The second-order valence-electron chi connectivity index (χ2n) is 5.83. The van der Waals surface area contributed by atoms with Gasteiger partial charge in [0, 0.05) is 36.3 Å². The number of nitrogens with zero attached hydrogens (tertiary/aromatic N) is 3. The molecule has 0 aliphatic heterocycles. The van der Waals surface area contributed by atoms with Gasteiger partial charge in [0.1, 0.15) is 5.82 Å². The van der Waals surface area contributed by atoms with Crippen molar-refractivity contribution < 1.29 is 9.18 Å². The van der Waals surface area contributed by atoms with Gasteiger partial charge < -0.3 is 4.90 Å². The van der Waals surface area contributed by atoms with Gasteiger partial charge in [-0.1, -0.05) is 24.3 Å². The smallest absolute Gasteiger partial charge is 0.210 e. The monoisotopic (exact) mass is 335 g/mol. The standard InChI is InChI=1S/C20H18FN3O/c1-15-4-2-9-23-20(15)13-24(14-25)12-18-7-6-16(10-19(18)21)17-5-3-8-22-11-17/h2-11,14H,12-13H2,1H3. The van der Waals surface area contributed by atoms with Crippen LogP contribution < -0.4 is 0 Å². The third-order valence-electron chi connectivity index (χ3n) is 4.04. The van der Waals surface area contributed by atoms with Crippen LogP contribution in [0.15, 0.2) is 61.1 Å². The zero-order valence-corrected chi connectivity index (χ0v) is 13.9. The summed E-state index contributed by atoms with van der Waals surface area (Å²) in [7, 11) is 0. The number of halogens is 1. The number of pyridine rings is 2.